The van der Waals surface area contributed by atoms with Gasteiger partial charge in [0.1, 0.15) is 0 Å². The molecule has 0 rings (SSSR count). The van der Waals surface area contributed by atoms with Crippen molar-refractivity contribution in [1.29, 1.82) is 0 Å². The molecular formula is C22H42O3. The lowest BCUT2D eigenvalue weighted by Gasteiger charge is -2.16. The summed E-state index contributed by atoms with van der Waals surface area (Å²) in [6.45, 7) is 6.19. The van der Waals surface area contributed by atoms with Gasteiger partial charge >= 0.3 is 11.9 Å². The van der Waals surface area contributed by atoms with Crippen LogP contribution in [0.15, 0.2) is 0 Å². The molecule has 0 unspecified atom stereocenters. The SMILES string of the molecule is CCCCCCCCC(CCCCCCCC)CC(=O)OC(=O)CC. The predicted octanol–water partition coefficient (Wildman–Crippen LogP) is 6.97. The van der Waals surface area contributed by atoms with Gasteiger partial charge < -0.3 is 4.74 Å². The van der Waals surface area contributed by atoms with E-state index in [0.29, 0.717) is 12.3 Å². The highest BCUT2D eigenvalue weighted by Gasteiger charge is 2.16. The highest BCUT2D eigenvalue weighted by molar-refractivity contribution is 5.85. The number of hydrogen-bond donors (Lipinski definition) is 0. The Morgan fingerprint density at radius 2 is 1.08 bits per heavy atom. The molecule has 25 heavy (non-hydrogen) atoms. The minimum absolute atomic E-state index is 0.269. The van der Waals surface area contributed by atoms with E-state index in [1.54, 1.807) is 6.92 Å². The van der Waals surface area contributed by atoms with Crippen LogP contribution in [-0.4, -0.2) is 11.9 Å². The normalized spacial score (nSPS) is 11.0. The second kappa shape index (κ2) is 17.9. The lowest BCUT2D eigenvalue weighted by atomic mass is 9.91. The molecular weight excluding hydrogens is 312 g/mol. The Morgan fingerprint density at radius 1 is 0.640 bits per heavy atom. The van der Waals surface area contributed by atoms with Gasteiger partial charge in [-0.05, 0) is 18.8 Å². The number of ether oxygens (including phenoxy) is 1. The molecule has 0 aliphatic heterocycles. The standard InChI is InChI=1S/C22H42O3/c1-4-7-9-11-13-15-17-20(18-16-14-12-10-8-5-2)19-22(24)25-21(23)6-3/h20H,4-19H2,1-3H3. The van der Waals surface area contributed by atoms with E-state index < -0.39 is 5.97 Å². The van der Waals surface area contributed by atoms with Crippen LogP contribution in [0.4, 0.5) is 0 Å². The number of carbonyl (C=O) groups excluding carboxylic acids is 2. The van der Waals surface area contributed by atoms with Gasteiger partial charge in [0.25, 0.3) is 0 Å². The number of unbranched alkanes of at least 4 members (excludes halogenated alkanes) is 10. The van der Waals surface area contributed by atoms with Crippen LogP contribution in [0.1, 0.15) is 124 Å². The molecule has 0 aliphatic carbocycles. The zero-order chi connectivity index (χ0) is 18.8. The third-order valence-electron chi connectivity index (χ3n) is 4.90. The van der Waals surface area contributed by atoms with E-state index in [1.165, 1.54) is 77.0 Å². The van der Waals surface area contributed by atoms with Gasteiger partial charge in [-0.3, -0.25) is 9.59 Å². The number of rotatable bonds is 17. The van der Waals surface area contributed by atoms with Gasteiger partial charge in [0.2, 0.25) is 0 Å². The van der Waals surface area contributed by atoms with Crippen molar-refractivity contribution in [3.05, 3.63) is 0 Å². The molecule has 0 saturated heterocycles. The minimum atomic E-state index is -0.400. The van der Waals surface area contributed by atoms with E-state index in [0.717, 1.165) is 12.8 Å². The summed E-state index contributed by atoms with van der Waals surface area (Å²) in [7, 11) is 0. The van der Waals surface area contributed by atoms with E-state index >= 15 is 0 Å². The van der Waals surface area contributed by atoms with E-state index in [4.69, 9.17) is 4.74 Å². The predicted molar refractivity (Wildman–Crippen MR) is 105 cm³/mol. The van der Waals surface area contributed by atoms with Gasteiger partial charge in [0.15, 0.2) is 0 Å². The van der Waals surface area contributed by atoms with Gasteiger partial charge in [-0.2, -0.15) is 0 Å². The second-order valence-electron chi connectivity index (χ2n) is 7.38. The summed E-state index contributed by atoms with van der Waals surface area (Å²) in [4.78, 5) is 23.2. The van der Waals surface area contributed by atoms with Crippen LogP contribution in [0, 0.1) is 5.92 Å². The fourth-order valence-corrected chi connectivity index (χ4v) is 3.25. The summed E-state index contributed by atoms with van der Waals surface area (Å²) in [5.41, 5.74) is 0. The quantitative estimate of drug-likeness (QED) is 0.161. The molecule has 0 aromatic heterocycles. The molecule has 0 heterocycles. The Morgan fingerprint density at radius 3 is 1.52 bits per heavy atom. The summed E-state index contributed by atoms with van der Waals surface area (Å²) in [6, 6.07) is 0. The van der Waals surface area contributed by atoms with Crippen LogP contribution >= 0.6 is 0 Å². The Balaban J connectivity index is 4.07. The van der Waals surface area contributed by atoms with Crippen molar-refractivity contribution >= 4 is 11.9 Å². The molecule has 0 aromatic carbocycles. The second-order valence-corrected chi connectivity index (χ2v) is 7.38. The average molecular weight is 355 g/mol. The summed E-state index contributed by atoms with van der Waals surface area (Å²) in [5, 5.41) is 0. The molecule has 0 amide bonds. The molecule has 0 bridgehead atoms. The maximum Gasteiger partial charge on any atom is 0.313 e. The first-order valence-corrected chi connectivity index (χ1v) is 10.9. The molecule has 148 valence electrons. The van der Waals surface area contributed by atoms with Crippen LogP contribution in [0.25, 0.3) is 0 Å². The van der Waals surface area contributed by atoms with Crippen molar-refractivity contribution in [1.82, 2.24) is 0 Å². The topological polar surface area (TPSA) is 43.4 Å². The van der Waals surface area contributed by atoms with E-state index in [2.05, 4.69) is 13.8 Å². The minimum Gasteiger partial charge on any atom is -0.393 e. The van der Waals surface area contributed by atoms with E-state index in [1.807, 2.05) is 0 Å². The highest BCUT2D eigenvalue weighted by Crippen LogP contribution is 2.22. The zero-order valence-electron chi connectivity index (χ0n) is 17.1. The van der Waals surface area contributed by atoms with Crippen molar-refractivity contribution in [2.45, 2.75) is 124 Å². The number of hydrogen-bond acceptors (Lipinski definition) is 3. The molecule has 0 fully saturated rings. The molecule has 0 atom stereocenters. The Kier molecular flexibility index (Phi) is 17.3. The molecule has 0 aliphatic rings. The molecule has 0 aromatic rings. The van der Waals surface area contributed by atoms with Gasteiger partial charge in [-0.15, -0.1) is 0 Å². The van der Waals surface area contributed by atoms with Crippen LogP contribution < -0.4 is 0 Å². The highest BCUT2D eigenvalue weighted by atomic mass is 16.6. The Labute approximate surface area is 156 Å². The fourth-order valence-electron chi connectivity index (χ4n) is 3.25. The molecule has 0 saturated carbocycles. The number of carbonyl (C=O) groups is 2. The lowest BCUT2D eigenvalue weighted by Crippen LogP contribution is -2.15. The summed E-state index contributed by atoms with van der Waals surface area (Å²) >= 11 is 0. The fraction of sp³-hybridized carbons (Fsp3) is 0.909. The first-order chi connectivity index (χ1) is 12.1. The van der Waals surface area contributed by atoms with Crippen molar-refractivity contribution in [3.63, 3.8) is 0 Å². The third-order valence-corrected chi connectivity index (χ3v) is 4.90. The zero-order valence-corrected chi connectivity index (χ0v) is 17.1. The molecule has 0 N–H and O–H groups in total. The van der Waals surface area contributed by atoms with Crippen LogP contribution in [-0.2, 0) is 14.3 Å². The van der Waals surface area contributed by atoms with Gasteiger partial charge in [-0.25, -0.2) is 0 Å². The Bertz CT molecular complexity index is 309. The summed E-state index contributed by atoms with van der Waals surface area (Å²) in [5.74, 6) is -0.341. The smallest absolute Gasteiger partial charge is 0.313 e. The van der Waals surface area contributed by atoms with E-state index in [-0.39, 0.29) is 12.4 Å². The van der Waals surface area contributed by atoms with Gasteiger partial charge in [0, 0.05) is 12.8 Å². The van der Waals surface area contributed by atoms with Crippen LogP contribution in [0.5, 0.6) is 0 Å². The molecule has 0 spiro atoms. The van der Waals surface area contributed by atoms with Gasteiger partial charge in [-0.1, -0.05) is 97.8 Å². The lowest BCUT2D eigenvalue weighted by molar-refractivity contribution is -0.160. The largest absolute Gasteiger partial charge is 0.393 e. The van der Waals surface area contributed by atoms with Crippen molar-refractivity contribution in [2.24, 2.45) is 5.92 Å². The van der Waals surface area contributed by atoms with Crippen molar-refractivity contribution < 1.29 is 14.3 Å². The van der Waals surface area contributed by atoms with E-state index in [9.17, 15) is 9.59 Å². The third kappa shape index (κ3) is 16.4. The average Bonchev–Trinajstić information content (AvgIpc) is 2.60. The van der Waals surface area contributed by atoms with Crippen molar-refractivity contribution in [3.8, 4) is 0 Å². The van der Waals surface area contributed by atoms with Crippen molar-refractivity contribution in [2.75, 3.05) is 0 Å². The molecule has 0 radical (unpaired) electrons. The molecule has 3 nitrogen and oxygen atoms in total. The van der Waals surface area contributed by atoms with Crippen LogP contribution in [0.3, 0.4) is 0 Å². The van der Waals surface area contributed by atoms with Crippen LogP contribution in [0.2, 0.25) is 0 Å². The maximum atomic E-state index is 11.9. The summed E-state index contributed by atoms with van der Waals surface area (Å²) < 4.78 is 4.87. The first kappa shape index (κ1) is 24.1. The monoisotopic (exact) mass is 354 g/mol. The number of esters is 2. The Hall–Kier alpha value is -0.860. The first-order valence-electron chi connectivity index (χ1n) is 10.9. The maximum absolute atomic E-state index is 11.9. The van der Waals surface area contributed by atoms with Gasteiger partial charge in [0.05, 0.1) is 0 Å². The summed E-state index contributed by atoms with van der Waals surface area (Å²) in [6.07, 6.45) is 18.2. The molecule has 3 heteroatoms.